The lowest BCUT2D eigenvalue weighted by atomic mass is 10.0. The fourth-order valence-corrected chi connectivity index (χ4v) is 5.79. The lowest BCUT2D eigenvalue weighted by Gasteiger charge is -2.32. The number of anilines is 1. The number of aryl methyl sites for hydroxylation is 1. The predicted octanol–water partition coefficient (Wildman–Crippen LogP) is 5.86. The van der Waals surface area contributed by atoms with Crippen molar-refractivity contribution in [3.8, 4) is 0 Å². The molecular weight excluding hydrogens is 602 g/mol. The molecule has 0 radical (unpaired) electrons. The maximum atomic E-state index is 13.9. The van der Waals surface area contributed by atoms with Crippen molar-refractivity contribution in [1.82, 2.24) is 10.2 Å². The largest absolute Gasteiger partial charge is 0.354 e. The van der Waals surface area contributed by atoms with E-state index >= 15 is 0 Å². The van der Waals surface area contributed by atoms with Gasteiger partial charge in [0.2, 0.25) is 21.8 Å². The highest BCUT2D eigenvalue weighted by molar-refractivity contribution is 9.10. The lowest BCUT2D eigenvalue weighted by Crippen LogP contribution is -2.50. The zero-order valence-corrected chi connectivity index (χ0v) is 26.5. The highest BCUT2D eigenvalue weighted by Crippen LogP contribution is 2.21. The van der Waals surface area contributed by atoms with E-state index in [1.54, 1.807) is 17.0 Å². The van der Waals surface area contributed by atoms with E-state index in [0.717, 1.165) is 34.0 Å². The van der Waals surface area contributed by atoms with Crippen LogP contribution in [0.5, 0.6) is 0 Å². The molecule has 2 amide bonds. The van der Waals surface area contributed by atoms with E-state index in [4.69, 9.17) is 0 Å². The summed E-state index contributed by atoms with van der Waals surface area (Å²) in [5, 5.41) is 3.03. The fraction of sp³-hybridized carbons (Fsp3) is 0.375. The Morgan fingerprint density at radius 1 is 0.902 bits per heavy atom. The molecule has 0 aliphatic heterocycles. The van der Waals surface area contributed by atoms with Gasteiger partial charge in [0.1, 0.15) is 6.04 Å². The van der Waals surface area contributed by atoms with Crippen molar-refractivity contribution in [2.24, 2.45) is 0 Å². The number of rotatable bonds is 15. The number of hydrogen-bond acceptors (Lipinski definition) is 4. The molecule has 0 aliphatic rings. The summed E-state index contributed by atoms with van der Waals surface area (Å²) in [5.74, 6) is -0.387. The van der Waals surface area contributed by atoms with Gasteiger partial charge in [-0.25, -0.2) is 8.42 Å². The van der Waals surface area contributed by atoms with Crippen LogP contribution in [0.2, 0.25) is 0 Å². The summed E-state index contributed by atoms with van der Waals surface area (Å²) in [4.78, 5) is 29.0. The fourth-order valence-electron chi connectivity index (χ4n) is 4.56. The van der Waals surface area contributed by atoms with Crippen LogP contribution in [-0.2, 0) is 32.6 Å². The van der Waals surface area contributed by atoms with E-state index in [2.05, 4.69) is 28.2 Å². The summed E-state index contributed by atoms with van der Waals surface area (Å²) in [6, 6.07) is 23.9. The zero-order chi connectivity index (χ0) is 29.8. The van der Waals surface area contributed by atoms with Crippen molar-refractivity contribution in [2.75, 3.05) is 23.7 Å². The summed E-state index contributed by atoms with van der Waals surface area (Å²) in [7, 11) is -3.55. The van der Waals surface area contributed by atoms with Crippen molar-refractivity contribution < 1.29 is 18.0 Å². The van der Waals surface area contributed by atoms with Crippen LogP contribution in [0.3, 0.4) is 0 Å². The van der Waals surface area contributed by atoms with Crippen LogP contribution in [0.1, 0.15) is 49.3 Å². The number of unbranched alkanes of at least 4 members (excludes halogenated alkanes) is 1. The number of halogens is 1. The highest BCUT2D eigenvalue weighted by atomic mass is 79.9. The Morgan fingerprint density at radius 2 is 1.56 bits per heavy atom. The first-order valence-corrected chi connectivity index (χ1v) is 16.6. The zero-order valence-electron chi connectivity index (χ0n) is 24.1. The van der Waals surface area contributed by atoms with Gasteiger partial charge in [0.25, 0.3) is 0 Å². The number of nitrogens with one attached hydrogen (secondary N) is 1. The Bertz CT molecular complexity index is 1360. The second-order valence-corrected chi connectivity index (χ2v) is 13.1. The van der Waals surface area contributed by atoms with Gasteiger partial charge in [0.15, 0.2) is 0 Å². The third kappa shape index (κ3) is 10.3. The van der Waals surface area contributed by atoms with Crippen molar-refractivity contribution >= 4 is 43.5 Å². The molecule has 0 unspecified atom stereocenters. The molecule has 0 aliphatic carbocycles. The van der Waals surface area contributed by atoms with Crippen LogP contribution in [0.4, 0.5) is 5.69 Å². The van der Waals surface area contributed by atoms with Crippen LogP contribution < -0.4 is 9.62 Å². The molecule has 41 heavy (non-hydrogen) atoms. The minimum atomic E-state index is -3.55. The van der Waals surface area contributed by atoms with E-state index in [1.807, 2.05) is 73.7 Å². The molecule has 0 saturated carbocycles. The molecule has 3 rings (SSSR count). The number of carbonyl (C=O) groups excluding carboxylic acids is 2. The third-order valence-electron chi connectivity index (χ3n) is 6.84. The van der Waals surface area contributed by atoms with Gasteiger partial charge in [0.05, 0.1) is 11.9 Å². The van der Waals surface area contributed by atoms with Crippen molar-refractivity contribution in [3.05, 3.63) is 100 Å². The molecule has 7 nitrogen and oxygen atoms in total. The molecule has 220 valence electrons. The van der Waals surface area contributed by atoms with Crippen LogP contribution in [0, 0.1) is 6.92 Å². The van der Waals surface area contributed by atoms with Gasteiger partial charge in [0, 0.05) is 36.9 Å². The average molecular weight is 643 g/mol. The first-order valence-electron chi connectivity index (χ1n) is 14.0. The van der Waals surface area contributed by atoms with Crippen molar-refractivity contribution in [2.45, 2.75) is 58.5 Å². The molecule has 1 N–H and O–H groups in total. The standard InChI is InChI=1S/C32H40BrN3O4S/c1-4-5-21-34-32(38)30(23-26-10-7-6-8-11-26)35(24-27-15-17-28(33)18-16-27)31(37)12-9-22-36(41(3,39)40)29-19-13-25(2)14-20-29/h6-8,10-11,13-20,30H,4-5,9,12,21-24H2,1-3H3,(H,34,38)/t30-/m1/s1. The number of nitrogens with zero attached hydrogens (tertiary/aromatic N) is 2. The van der Waals surface area contributed by atoms with Gasteiger partial charge in [-0.2, -0.15) is 0 Å². The number of carbonyl (C=O) groups is 2. The molecule has 0 heterocycles. The predicted molar refractivity (Wildman–Crippen MR) is 169 cm³/mol. The molecule has 3 aromatic rings. The molecule has 9 heteroatoms. The number of amides is 2. The highest BCUT2D eigenvalue weighted by Gasteiger charge is 2.30. The maximum absolute atomic E-state index is 13.9. The molecule has 0 fully saturated rings. The monoisotopic (exact) mass is 641 g/mol. The van der Waals surface area contributed by atoms with Gasteiger partial charge in [-0.05, 0) is 55.2 Å². The first-order chi connectivity index (χ1) is 19.6. The Morgan fingerprint density at radius 3 is 2.17 bits per heavy atom. The van der Waals surface area contributed by atoms with Crippen LogP contribution in [0.25, 0.3) is 0 Å². The van der Waals surface area contributed by atoms with Crippen LogP contribution in [0.15, 0.2) is 83.3 Å². The second-order valence-electron chi connectivity index (χ2n) is 10.3. The Labute approximate surface area is 253 Å². The average Bonchev–Trinajstić information content (AvgIpc) is 2.94. The van der Waals surface area contributed by atoms with E-state index in [-0.39, 0.29) is 31.3 Å². The summed E-state index contributed by atoms with van der Waals surface area (Å²) in [5.41, 5.74) is 3.45. The summed E-state index contributed by atoms with van der Waals surface area (Å²) in [6.07, 6.45) is 3.76. The van der Waals surface area contributed by atoms with Crippen molar-refractivity contribution in [3.63, 3.8) is 0 Å². The minimum Gasteiger partial charge on any atom is -0.354 e. The smallest absolute Gasteiger partial charge is 0.243 e. The molecule has 0 saturated heterocycles. The van der Waals surface area contributed by atoms with E-state index in [0.29, 0.717) is 25.1 Å². The Balaban J connectivity index is 1.86. The van der Waals surface area contributed by atoms with Crippen LogP contribution in [-0.4, -0.2) is 50.5 Å². The van der Waals surface area contributed by atoms with Gasteiger partial charge in [-0.1, -0.05) is 89.4 Å². The summed E-state index contributed by atoms with van der Waals surface area (Å²) >= 11 is 3.46. The molecule has 1 atom stereocenters. The SMILES string of the molecule is CCCCNC(=O)[C@@H](Cc1ccccc1)N(Cc1ccc(Br)cc1)C(=O)CCCN(c1ccc(C)cc1)S(C)(=O)=O. The summed E-state index contributed by atoms with van der Waals surface area (Å²) < 4.78 is 27.4. The molecule has 3 aromatic carbocycles. The van der Waals surface area contributed by atoms with E-state index in [9.17, 15) is 18.0 Å². The van der Waals surface area contributed by atoms with Gasteiger partial charge in [-0.3, -0.25) is 13.9 Å². The topological polar surface area (TPSA) is 86.8 Å². The molecule has 0 bridgehead atoms. The first kappa shape index (κ1) is 32.3. The van der Waals surface area contributed by atoms with E-state index in [1.165, 1.54) is 10.6 Å². The number of sulfonamides is 1. The quantitative estimate of drug-likeness (QED) is 0.211. The van der Waals surface area contributed by atoms with E-state index < -0.39 is 16.1 Å². The van der Waals surface area contributed by atoms with Crippen molar-refractivity contribution in [1.29, 1.82) is 0 Å². The molecule has 0 spiro atoms. The second kappa shape index (κ2) is 15.7. The number of hydrogen-bond donors (Lipinski definition) is 1. The Kier molecular flexibility index (Phi) is 12.4. The van der Waals surface area contributed by atoms with Gasteiger partial charge >= 0.3 is 0 Å². The molecular formula is C32H40BrN3O4S. The maximum Gasteiger partial charge on any atom is 0.243 e. The number of benzene rings is 3. The van der Waals surface area contributed by atoms with Crippen LogP contribution >= 0.6 is 15.9 Å². The Hall–Kier alpha value is -3.17. The summed E-state index contributed by atoms with van der Waals surface area (Å²) in [6.45, 7) is 4.97. The lowest BCUT2D eigenvalue weighted by molar-refractivity contribution is -0.141. The minimum absolute atomic E-state index is 0.0991. The third-order valence-corrected chi connectivity index (χ3v) is 8.56. The van der Waals surface area contributed by atoms with Gasteiger partial charge in [-0.15, -0.1) is 0 Å². The molecule has 0 aromatic heterocycles. The normalized spacial score (nSPS) is 12.0. The van der Waals surface area contributed by atoms with Gasteiger partial charge < -0.3 is 10.2 Å².